The van der Waals surface area contributed by atoms with E-state index in [-0.39, 0.29) is 28.7 Å². The highest BCUT2D eigenvalue weighted by molar-refractivity contribution is 7.89. The van der Waals surface area contributed by atoms with Gasteiger partial charge >= 0.3 is 0 Å². The smallest absolute Gasteiger partial charge is 0.292 e. The Bertz CT molecular complexity index is 1480. The maximum Gasteiger partial charge on any atom is 0.292 e. The van der Waals surface area contributed by atoms with Crippen molar-refractivity contribution >= 4 is 21.7 Å². The molecule has 0 bridgehead atoms. The summed E-state index contributed by atoms with van der Waals surface area (Å²) in [7, 11) is -4.16. The van der Waals surface area contributed by atoms with E-state index in [4.69, 9.17) is 9.56 Å². The van der Waals surface area contributed by atoms with E-state index in [1.807, 2.05) is 0 Å². The Balaban J connectivity index is 1.96. The molecule has 2 aromatic heterocycles. The Hall–Kier alpha value is -3.87. The molecule has 4 aromatic rings. The van der Waals surface area contributed by atoms with E-state index in [9.17, 15) is 22.7 Å². The number of benzene rings is 2. The fourth-order valence-electron chi connectivity index (χ4n) is 3.49. The number of hydrogen-bond donors (Lipinski definition) is 3. The standard InChI is InChI=1S/C23H20F2N4O5S/c1-13(12-30)29-21(17-9-8-16(11-18(17)25)35(26,32)33)27-20(14-4-6-15(24)7-5-14)22(29)28-23(31)19-3-2-10-34-19/h2-11,13,30H,12H2,1H3,(H,28,31)(H2,26,32,33). The average Bonchev–Trinajstić information content (AvgIpc) is 3.47. The van der Waals surface area contributed by atoms with Gasteiger partial charge in [-0.1, -0.05) is 0 Å². The number of furan rings is 1. The molecule has 1 atom stereocenters. The number of halogens is 2. The number of anilines is 1. The monoisotopic (exact) mass is 502 g/mol. The molecule has 4 N–H and O–H groups in total. The normalized spacial score (nSPS) is 12.5. The van der Waals surface area contributed by atoms with Gasteiger partial charge in [0.1, 0.15) is 29.0 Å². The highest BCUT2D eigenvalue weighted by Gasteiger charge is 2.27. The van der Waals surface area contributed by atoms with Gasteiger partial charge in [0.25, 0.3) is 5.91 Å². The van der Waals surface area contributed by atoms with Crippen LogP contribution in [0.3, 0.4) is 0 Å². The molecule has 0 saturated carbocycles. The second kappa shape index (κ2) is 9.41. The van der Waals surface area contributed by atoms with Crippen LogP contribution < -0.4 is 10.5 Å². The van der Waals surface area contributed by atoms with Gasteiger partial charge < -0.3 is 19.4 Å². The minimum atomic E-state index is -4.16. The number of aliphatic hydroxyl groups excluding tert-OH is 1. The van der Waals surface area contributed by atoms with Crippen molar-refractivity contribution in [2.45, 2.75) is 17.9 Å². The second-order valence-electron chi connectivity index (χ2n) is 7.66. The van der Waals surface area contributed by atoms with Gasteiger partial charge in [0.05, 0.1) is 29.4 Å². The first-order chi connectivity index (χ1) is 16.6. The molecule has 0 radical (unpaired) electrons. The maximum atomic E-state index is 15.1. The van der Waals surface area contributed by atoms with Gasteiger partial charge in [-0.25, -0.2) is 27.3 Å². The summed E-state index contributed by atoms with van der Waals surface area (Å²) in [6.45, 7) is 1.20. The van der Waals surface area contributed by atoms with Gasteiger partial charge in [-0.05, 0) is 61.5 Å². The van der Waals surface area contributed by atoms with Gasteiger partial charge in [0, 0.05) is 5.56 Å². The number of nitrogens with two attached hydrogens (primary N) is 1. The fourth-order valence-corrected chi connectivity index (χ4v) is 4.02. The molecule has 9 nitrogen and oxygen atoms in total. The topological polar surface area (TPSA) is 140 Å². The van der Waals surface area contributed by atoms with Crippen LogP contribution in [0.25, 0.3) is 22.6 Å². The van der Waals surface area contributed by atoms with Crippen LogP contribution in [0.4, 0.5) is 14.6 Å². The Morgan fingerprint density at radius 2 is 1.91 bits per heavy atom. The number of rotatable bonds is 7. The first-order valence-electron chi connectivity index (χ1n) is 10.3. The van der Waals surface area contributed by atoms with Gasteiger partial charge in [-0.3, -0.25) is 4.79 Å². The molecular weight excluding hydrogens is 482 g/mol. The molecule has 2 heterocycles. The zero-order valence-electron chi connectivity index (χ0n) is 18.3. The second-order valence-corrected chi connectivity index (χ2v) is 9.22. The Morgan fingerprint density at radius 3 is 2.49 bits per heavy atom. The highest BCUT2D eigenvalue weighted by Crippen LogP contribution is 2.37. The average molecular weight is 502 g/mol. The summed E-state index contributed by atoms with van der Waals surface area (Å²) < 4.78 is 58.5. The third-order valence-electron chi connectivity index (χ3n) is 5.22. The van der Waals surface area contributed by atoms with E-state index in [1.54, 1.807) is 6.92 Å². The van der Waals surface area contributed by atoms with Crippen LogP contribution in [-0.2, 0) is 10.0 Å². The number of nitrogens with zero attached hydrogens (tertiary/aromatic N) is 2. The number of hydrogen-bond acceptors (Lipinski definition) is 6. The fraction of sp³-hybridized carbons (Fsp3) is 0.130. The molecule has 0 spiro atoms. The zero-order chi connectivity index (χ0) is 25.3. The van der Waals surface area contributed by atoms with Gasteiger partial charge in [0.15, 0.2) is 5.76 Å². The van der Waals surface area contributed by atoms with E-state index in [1.165, 1.54) is 53.3 Å². The van der Waals surface area contributed by atoms with E-state index >= 15 is 4.39 Å². The first-order valence-corrected chi connectivity index (χ1v) is 11.8. The minimum Gasteiger partial charge on any atom is -0.459 e. The number of carbonyl (C=O) groups excluding carboxylic acids is 1. The SMILES string of the molecule is CC(CO)n1c(-c2ccc(S(N)(=O)=O)cc2F)nc(-c2ccc(F)cc2)c1NC(=O)c1ccco1. The molecular formula is C23H20F2N4O5S. The number of sulfonamides is 1. The number of carbonyl (C=O) groups is 1. The summed E-state index contributed by atoms with van der Waals surface area (Å²) in [5, 5.41) is 17.7. The van der Waals surface area contributed by atoms with Gasteiger partial charge in [0.2, 0.25) is 10.0 Å². The third-order valence-corrected chi connectivity index (χ3v) is 6.13. The van der Waals surface area contributed by atoms with Gasteiger partial charge in [-0.2, -0.15) is 0 Å². The molecule has 0 aliphatic rings. The van der Waals surface area contributed by atoms with Crippen molar-refractivity contribution in [1.29, 1.82) is 0 Å². The molecule has 0 aliphatic heterocycles. The van der Waals surface area contributed by atoms with Crippen molar-refractivity contribution in [1.82, 2.24) is 9.55 Å². The number of primary sulfonamides is 1. The van der Waals surface area contributed by atoms with Crippen molar-refractivity contribution in [3.05, 3.63) is 78.3 Å². The molecule has 1 unspecified atom stereocenters. The lowest BCUT2D eigenvalue weighted by Crippen LogP contribution is -2.19. The first kappa shape index (κ1) is 24.3. The largest absolute Gasteiger partial charge is 0.459 e. The van der Waals surface area contributed by atoms with E-state index in [0.29, 0.717) is 5.56 Å². The number of aromatic nitrogens is 2. The third kappa shape index (κ3) is 4.85. The molecule has 0 aliphatic carbocycles. The summed E-state index contributed by atoms with van der Waals surface area (Å²) in [5.74, 6) is -2.01. The number of amides is 1. The summed E-state index contributed by atoms with van der Waals surface area (Å²) in [4.78, 5) is 16.9. The van der Waals surface area contributed by atoms with Crippen LogP contribution in [0.5, 0.6) is 0 Å². The van der Waals surface area contributed by atoms with Crippen LogP contribution in [0.2, 0.25) is 0 Å². The van der Waals surface area contributed by atoms with Crippen molar-refractivity contribution in [3.8, 4) is 22.6 Å². The maximum absolute atomic E-state index is 15.1. The van der Waals surface area contributed by atoms with Crippen LogP contribution in [-0.4, -0.2) is 35.6 Å². The summed E-state index contributed by atoms with van der Waals surface area (Å²) >= 11 is 0. The van der Waals surface area contributed by atoms with Crippen LogP contribution in [0, 0.1) is 11.6 Å². The van der Waals surface area contributed by atoms with Crippen LogP contribution in [0.15, 0.2) is 70.2 Å². The highest BCUT2D eigenvalue weighted by atomic mass is 32.2. The lowest BCUT2D eigenvalue weighted by molar-refractivity contribution is 0.0995. The number of nitrogens with one attached hydrogen (secondary N) is 1. The van der Waals surface area contributed by atoms with E-state index in [2.05, 4.69) is 10.3 Å². The minimum absolute atomic E-state index is 0.00954. The molecule has 4 rings (SSSR count). The van der Waals surface area contributed by atoms with Gasteiger partial charge in [-0.15, -0.1) is 0 Å². The quantitative estimate of drug-likeness (QED) is 0.353. The van der Waals surface area contributed by atoms with Crippen molar-refractivity contribution < 1.29 is 31.5 Å². The molecule has 0 fully saturated rings. The molecule has 1 amide bonds. The summed E-state index contributed by atoms with van der Waals surface area (Å²) in [6, 6.07) is 10.6. The lowest BCUT2D eigenvalue weighted by atomic mass is 10.1. The molecule has 35 heavy (non-hydrogen) atoms. The zero-order valence-corrected chi connectivity index (χ0v) is 19.1. The van der Waals surface area contributed by atoms with Crippen LogP contribution in [0.1, 0.15) is 23.5 Å². The Labute approximate surface area is 198 Å². The Morgan fingerprint density at radius 1 is 1.20 bits per heavy atom. The Kier molecular flexibility index (Phi) is 6.52. The molecule has 2 aromatic carbocycles. The summed E-state index contributed by atoms with van der Waals surface area (Å²) in [6.07, 6.45) is 1.32. The predicted octanol–water partition coefficient (Wildman–Crippen LogP) is 3.54. The number of aliphatic hydroxyl groups is 1. The van der Waals surface area contributed by atoms with E-state index < -0.39 is 45.1 Å². The van der Waals surface area contributed by atoms with Crippen molar-refractivity contribution in [2.75, 3.05) is 11.9 Å². The lowest BCUT2D eigenvalue weighted by Gasteiger charge is -2.18. The molecule has 0 saturated heterocycles. The molecule has 182 valence electrons. The van der Waals surface area contributed by atoms with Crippen LogP contribution >= 0.6 is 0 Å². The molecule has 12 heteroatoms. The van der Waals surface area contributed by atoms with Crippen molar-refractivity contribution in [2.24, 2.45) is 5.14 Å². The summed E-state index contributed by atoms with van der Waals surface area (Å²) in [5.41, 5.74) is 0.447. The van der Waals surface area contributed by atoms with E-state index in [0.717, 1.165) is 12.1 Å². The number of imidazole rings is 1. The predicted molar refractivity (Wildman–Crippen MR) is 123 cm³/mol. The van der Waals surface area contributed by atoms with Crippen molar-refractivity contribution in [3.63, 3.8) is 0 Å².